The fraction of sp³-hybridized carbons (Fsp3) is 0.583. The van der Waals surface area contributed by atoms with Crippen molar-refractivity contribution < 1.29 is 0 Å². The van der Waals surface area contributed by atoms with Gasteiger partial charge in [-0.1, -0.05) is 19.9 Å². The van der Waals surface area contributed by atoms with E-state index in [0.29, 0.717) is 18.5 Å². The van der Waals surface area contributed by atoms with E-state index in [4.69, 9.17) is 5.73 Å². The number of nitrogens with zero attached hydrogens (tertiary/aromatic N) is 1. The summed E-state index contributed by atoms with van der Waals surface area (Å²) >= 11 is 0. The van der Waals surface area contributed by atoms with Crippen LogP contribution in [0.3, 0.4) is 0 Å². The molecule has 1 atom stereocenters. The molecule has 0 saturated carbocycles. The Morgan fingerprint density at radius 1 is 1.47 bits per heavy atom. The van der Waals surface area contributed by atoms with E-state index in [9.17, 15) is 0 Å². The number of aryl methyl sites for hydroxylation is 1. The fourth-order valence-electron chi connectivity index (χ4n) is 1.54. The molecule has 0 saturated heterocycles. The zero-order valence-electron chi connectivity index (χ0n) is 9.83. The lowest BCUT2D eigenvalue weighted by Crippen LogP contribution is -2.39. The first-order valence-corrected chi connectivity index (χ1v) is 5.49. The van der Waals surface area contributed by atoms with Gasteiger partial charge < -0.3 is 11.1 Å². The fourth-order valence-corrected chi connectivity index (χ4v) is 1.54. The van der Waals surface area contributed by atoms with Crippen molar-refractivity contribution in [2.45, 2.75) is 33.4 Å². The molecule has 1 aromatic rings. The maximum atomic E-state index is 5.70. The van der Waals surface area contributed by atoms with Crippen molar-refractivity contribution in [2.24, 2.45) is 11.7 Å². The Bertz CT molecular complexity index is 297. The number of hydrogen-bond donors (Lipinski definition) is 2. The highest BCUT2D eigenvalue weighted by atomic mass is 14.9. The van der Waals surface area contributed by atoms with Gasteiger partial charge >= 0.3 is 0 Å². The van der Waals surface area contributed by atoms with Crippen molar-refractivity contribution in [1.82, 2.24) is 10.3 Å². The van der Waals surface area contributed by atoms with E-state index < -0.39 is 0 Å². The topological polar surface area (TPSA) is 50.9 Å². The quantitative estimate of drug-likeness (QED) is 0.768. The number of rotatable bonds is 5. The van der Waals surface area contributed by atoms with Gasteiger partial charge in [0.25, 0.3) is 0 Å². The first-order chi connectivity index (χ1) is 7.15. The van der Waals surface area contributed by atoms with Gasteiger partial charge in [0.1, 0.15) is 0 Å². The van der Waals surface area contributed by atoms with Crippen LogP contribution in [0.4, 0.5) is 0 Å². The Balaban J connectivity index is 2.53. The number of nitrogens with two attached hydrogens (primary N) is 1. The predicted molar refractivity (Wildman–Crippen MR) is 63.5 cm³/mol. The van der Waals surface area contributed by atoms with E-state index in [1.54, 1.807) is 0 Å². The van der Waals surface area contributed by atoms with Crippen LogP contribution in [-0.4, -0.2) is 17.6 Å². The Hall–Kier alpha value is -0.930. The Morgan fingerprint density at radius 3 is 2.73 bits per heavy atom. The van der Waals surface area contributed by atoms with Crippen LogP contribution in [0.1, 0.15) is 25.1 Å². The standard InChI is InChI=1S/C12H21N3/c1-9(2)12(7-13)15-8-11-5-4-6-14-10(11)3/h4-6,9,12,15H,7-8,13H2,1-3H3. The monoisotopic (exact) mass is 207 g/mol. The largest absolute Gasteiger partial charge is 0.329 e. The summed E-state index contributed by atoms with van der Waals surface area (Å²) in [5, 5.41) is 3.46. The SMILES string of the molecule is Cc1ncccc1CNC(CN)C(C)C. The molecule has 0 aliphatic heterocycles. The number of nitrogens with one attached hydrogen (secondary N) is 1. The molecule has 3 N–H and O–H groups in total. The van der Waals surface area contributed by atoms with Gasteiger partial charge in [-0.3, -0.25) is 4.98 Å². The number of pyridine rings is 1. The van der Waals surface area contributed by atoms with Crippen LogP contribution in [0, 0.1) is 12.8 Å². The molecule has 0 fully saturated rings. The van der Waals surface area contributed by atoms with Gasteiger partial charge in [-0.2, -0.15) is 0 Å². The van der Waals surface area contributed by atoms with Crippen LogP contribution in [0.25, 0.3) is 0 Å². The third kappa shape index (κ3) is 3.61. The van der Waals surface area contributed by atoms with E-state index in [2.05, 4.69) is 30.2 Å². The van der Waals surface area contributed by atoms with Gasteiger partial charge in [0.05, 0.1) is 0 Å². The molecule has 3 heteroatoms. The Labute approximate surface area is 92.1 Å². The van der Waals surface area contributed by atoms with Gasteiger partial charge in [-0.05, 0) is 24.5 Å². The van der Waals surface area contributed by atoms with E-state index >= 15 is 0 Å². The van der Waals surface area contributed by atoms with Gasteiger partial charge in [-0.25, -0.2) is 0 Å². The van der Waals surface area contributed by atoms with Crippen LogP contribution >= 0.6 is 0 Å². The summed E-state index contributed by atoms with van der Waals surface area (Å²) in [7, 11) is 0. The molecule has 0 aliphatic rings. The molecule has 3 nitrogen and oxygen atoms in total. The molecule has 1 heterocycles. The molecule has 0 amide bonds. The average molecular weight is 207 g/mol. The minimum atomic E-state index is 0.379. The molecule has 1 aromatic heterocycles. The molecule has 1 unspecified atom stereocenters. The summed E-state index contributed by atoms with van der Waals surface area (Å²) in [5.41, 5.74) is 8.03. The summed E-state index contributed by atoms with van der Waals surface area (Å²) < 4.78 is 0. The zero-order chi connectivity index (χ0) is 11.3. The predicted octanol–water partition coefficient (Wildman–Crippen LogP) is 1.46. The highest BCUT2D eigenvalue weighted by Crippen LogP contribution is 2.05. The Morgan fingerprint density at radius 2 is 2.20 bits per heavy atom. The van der Waals surface area contributed by atoms with Crippen molar-refractivity contribution in [1.29, 1.82) is 0 Å². The van der Waals surface area contributed by atoms with E-state index in [-0.39, 0.29) is 0 Å². The average Bonchev–Trinajstić information content (AvgIpc) is 2.21. The van der Waals surface area contributed by atoms with Crippen LogP contribution < -0.4 is 11.1 Å². The second-order valence-electron chi connectivity index (χ2n) is 4.22. The van der Waals surface area contributed by atoms with Crippen LogP contribution in [0.5, 0.6) is 0 Å². The molecular formula is C12H21N3. The van der Waals surface area contributed by atoms with Gasteiger partial charge in [-0.15, -0.1) is 0 Å². The van der Waals surface area contributed by atoms with Crippen LogP contribution in [0.2, 0.25) is 0 Å². The first kappa shape index (κ1) is 12.1. The summed E-state index contributed by atoms with van der Waals surface area (Å²) in [5.74, 6) is 0.562. The second-order valence-corrected chi connectivity index (χ2v) is 4.22. The maximum Gasteiger partial charge on any atom is 0.0417 e. The van der Waals surface area contributed by atoms with Crippen molar-refractivity contribution in [3.8, 4) is 0 Å². The minimum absolute atomic E-state index is 0.379. The van der Waals surface area contributed by atoms with E-state index in [1.165, 1.54) is 5.56 Å². The van der Waals surface area contributed by atoms with E-state index in [1.807, 2.05) is 19.2 Å². The molecule has 15 heavy (non-hydrogen) atoms. The lowest BCUT2D eigenvalue weighted by molar-refractivity contribution is 0.404. The molecule has 1 rings (SSSR count). The van der Waals surface area contributed by atoms with Gasteiger partial charge in [0.15, 0.2) is 0 Å². The third-order valence-corrected chi connectivity index (χ3v) is 2.73. The normalized spacial score (nSPS) is 13.1. The zero-order valence-corrected chi connectivity index (χ0v) is 9.83. The lowest BCUT2D eigenvalue weighted by atomic mass is 10.0. The summed E-state index contributed by atoms with van der Waals surface area (Å²) in [6.45, 7) is 7.92. The summed E-state index contributed by atoms with van der Waals surface area (Å²) in [6, 6.07) is 4.45. The highest BCUT2D eigenvalue weighted by Gasteiger charge is 2.10. The van der Waals surface area contributed by atoms with Gasteiger partial charge in [0.2, 0.25) is 0 Å². The molecule has 0 radical (unpaired) electrons. The third-order valence-electron chi connectivity index (χ3n) is 2.73. The van der Waals surface area contributed by atoms with E-state index in [0.717, 1.165) is 12.2 Å². The maximum absolute atomic E-state index is 5.70. The minimum Gasteiger partial charge on any atom is -0.329 e. The lowest BCUT2D eigenvalue weighted by Gasteiger charge is -2.20. The molecule has 0 aliphatic carbocycles. The van der Waals surface area contributed by atoms with Crippen molar-refractivity contribution in [2.75, 3.05) is 6.54 Å². The number of hydrogen-bond acceptors (Lipinski definition) is 3. The number of aromatic nitrogens is 1. The van der Waals surface area contributed by atoms with Crippen LogP contribution in [-0.2, 0) is 6.54 Å². The molecule has 0 spiro atoms. The van der Waals surface area contributed by atoms with Gasteiger partial charge in [0, 0.05) is 31.0 Å². The summed E-state index contributed by atoms with van der Waals surface area (Å²) in [4.78, 5) is 4.26. The summed E-state index contributed by atoms with van der Waals surface area (Å²) in [6.07, 6.45) is 1.82. The second kappa shape index (κ2) is 5.83. The Kier molecular flexibility index (Phi) is 4.72. The van der Waals surface area contributed by atoms with Crippen LogP contribution in [0.15, 0.2) is 18.3 Å². The van der Waals surface area contributed by atoms with Crippen molar-refractivity contribution >= 4 is 0 Å². The smallest absolute Gasteiger partial charge is 0.0417 e. The molecule has 84 valence electrons. The first-order valence-electron chi connectivity index (χ1n) is 5.49. The highest BCUT2D eigenvalue weighted by molar-refractivity contribution is 5.17. The molecule has 0 aromatic carbocycles. The molecule has 0 bridgehead atoms. The molecular weight excluding hydrogens is 186 g/mol. The van der Waals surface area contributed by atoms with Crippen molar-refractivity contribution in [3.05, 3.63) is 29.6 Å². The van der Waals surface area contributed by atoms with Crippen molar-refractivity contribution in [3.63, 3.8) is 0 Å².